The lowest BCUT2D eigenvalue weighted by Crippen LogP contribution is -2.38. The molecule has 1 heterocycles. The maximum Gasteiger partial charge on any atom is 0.118 e. The molecule has 1 N–H and O–H groups in total. The fraction of sp³-hybridized carbons (Fsp3) is 0.647. The summed E-state index contributed by atoms with van der Waals surface area (Å²) in [6.07, 6.45) is 4.31. The molecular formula is C17H26N2O. The highest BCUT2D eigenvalue weighted by Crippen LogP contribution is 2.37. The van der Waals surface area contributed by atoms with Gasteiger partial charge in [-0.05, 0) is 56.0 Å². The van der Waals surface area contributed by atoms with E-state index < -0.39 is 0 Å². The molecule has 1 aliphatic heterocycles. The van der Waals surface area contributed by atoms with Crippen LogP contribution in [0.2, 0.25) is 0 Å². The van der Waals surface area contributed by atoms with Crippen molar-refractivity contribution in [3.8, 4) is 5.75 Å². The minimum atomic E-state index is 0.700. The number of rotatable bonds is 5. The first-order chi connectivity index (χ1) is 9.76. The van der Waals surface area contributed by atoms with E-state index in [4.69, 9.17) is 4.74 Å². The smallest absolute Gasteiger partial charge is 0.118 e. The number of ether oxygens (including phenoxy) is 1. The van der Waals surface area contributed by atoms with Gasteiger partial charge in [0.05, 0.1) is 7.11 Å². The van der Waals surface area contributed by atoms with Crippen molar-refractivity contribution in [3.05, 3.63) is 29.8 Å². The predicted molar refractivity (Wildman–Crippen MR) is 81.9 cm³/mol. The normalized spacial score (nSPS) is 28.9. The molecule has 20 heavy (non-hydrogen) atoms. The van der Waals surface area contributed by atoms with Gasteiger partial charge in [-0.15, -0.1) is 0 Å². The van der Waals surface area contributed by atoms with Gasteiger partial charge in [0.15, 0.2) is 0 Å². The Labute approximate surface area is 122 Å². The number of hydrogen-bond acceptors (Lipinski definition) is 3. The van der Waals surface area contributed by atoms with Crippen molar-refractivity contribution < 1.29 is 4.74 Å². The second-order valence-corrected chi connectivity index (χ2v) is 6.41. The third-order valence-corrected chi connectivity index (χ3v) is 5.00. The second-order valence-electron chi connectivity index (χ2n) is 6.41. The van der Waals surface area contributed by atoms with Crippen LogP contribution in [-0.2, 0) is 6.54 Å². The van der Waals surface area contributed by atoms with E-state index in [2.05, 4.69) is 29.4 Å². The molecular weight excluding hydrogens is 248 g/mol. The third-order valence-electron chi connectivity index (χ3n) is 5.00. The van der Waals surface area contributed by atoms with Gasteiger partial charge < -0.3 is 15.0 Å². The van der Waals surface area contributed by atoms with Crippen molar-refractivity contribution in [3.63, 3.8) is 0 Å². The number of likely N-dealkylation sites (N-methyl/N-ethyl adjacent to an activating group) is 1. The van der Waals surface area contributed by atoms with Crippen LogP contribution in [0.5, 0.6) is 5.75 Å². The lowest BCUT2D eigenvalue weighted by molar-refractivity contribution is 0.259. The van der Waals surface area contributed by atoms with Gasteiger partial charge in [-0.2, -0.15) is 0 Å². The molecule has 3 nitrogen and oxygen atoms in total. The third kappa shape index (κ3) is 2.99. The average Bonchev–Trinajstić information content (AvgIpc) is 3.05. The van der Waals surface area contributed by atoms with E-state index in [0.29, 0.717) is 6.04 Å². The quantitative estimate of drug-likeness (QED) is 0.893. The molecule has 0 amide bonds. The Morgan fingerprint density at radius 2 is 2.05 bits per heavy atom. The highest BCUT2D eigenvalue weighted by molar-refractivity contribution is 5.27. The molecule has 1 saturated carbocycles. The molecule has 3 heteroatoms. The number of nitrogens with zero attached hydrogens (tertiary/aromatic N) is 1. The standard InChI is InChI=1S/C17H26N2O/c1-19(11-13-6-8-15(20-2)9-7-13)12-17-16-5-3-4-14(16)10-18-17/h6-9,14,16-18H,3-5,10-12H2,1-2H3. The van der Waals surface area contributed by atoms with Gasteiger partial charge in [0.1, 0.15) is 5.75 Å². The van der Waals surface area contributed by atoms with Crippen LogP contribution in [0.1, 0.15) is 24.8 Å². The molecule has 3 unspecified atom stereocenters. The first-order valence-electron chi connectivity index (χ1n) is 7.81. The number of fused-ring (bicyclic) bond motifs is 1. The lowest BCUT2D eigenvalue weighted by Gasteiger charge is -2.25. The topological polar surface area (TPSA) is 24.5 Å². The number of methoxy groups -OCH3 is 1. The largest absolute Gasteiger partial charge is 0.497 e. The van der Waals surface area contributed by atoms with Crippen molar-refractivity contribution in [1.29, 1.82) is 0 Å². The van der Waals surface area contributed by atoms with E-state index in [-0.39, 0.29) is 0 Å². The summed E-state index contributed by atoms with van der Waals surface area (Å²) in [5, 5.41) is 3.73. The Hall–Kier alpha value is -1.06. The Morgan fingerprint density at radius 1 is 1.25 bits per heavy atom. The van der Waals surface area contributed by atoms with Gasteiger partial charge in [0.25, 0.3) is 0 Å². The molecule has 0 aromatic heterocycles. The fourth-order valence-electron chi connectivity index (χ4n) is 3.95. The van der Waals surface area contributed by atoms with Crippen LogP contribution in [0, 0.1) is 11.8 Å². The van der Waals surface area contributed by atoms with E-state index in [9.17, 15) is 0 Å². The van der Waals surface area contributed by atoms with Gasteiger partial charge in [-0.1, -0.05) is 18.6 Å². The second kappa shape index (κ2) is 6.15. The average molecular weight is 274 g/mol. The predicted octanol–water partition coefficient (Wildman–Crippen LogP) is 2.52. The van der Waals surface area contributed by atoms with Gasteiger partial charge in [-0.25, -0.2) is 0 Å². The highest BCUT2D eigenvalue weighted by Gasteiger charge is 2.38. The summed E-state index contributed by atoms with van der Waals surface area (Å²) in [4.78, 5) is 2.44. The molecule has 1 aromatic rings. The minimum absolute atomic E-state index is 0.700. The minimum Gasteiger partial charge on any atom is -0.497 e. The molecule has 2 fully saturated rings. The van der Waals surface area contributed by atoms with E-state index >= 15 is 0 Å². The van der Waals surface area contributed by atoms with Crippen LogP contribution in [-0.4, -0.2) is 38.2 Å². The molecule has 2 aliphatic rings. The zero-order chi connectivity index (χ0) is 13.9. The van der Waals surface area contributed by atoms with Crippen molar-refractivity contribution in [2.75, 3.05) is 27.2 Å². The summed E-state index contributed by atoms with van der Waals surface area (Å²) in [6, 6.07) is 9.12. The first kappa shape index (κ1) is 13.9. The Morgan fingerprint density at radius 3 is 2.80 bits per heavy atom. The molecule has 1 saturated heterocycles. The van der Waals surface area contributed by atoms with Gasteiger partial charge in [-0.3, -0.25) is 0 Å². The molecule has 110 valence electrons. The number of hydrogen-bond donors (Lipinski definition) is 1. The summed E-state index contributed by atoms with van der Waals surface area (Å²) in [7, 11) is 3.94. The Balaban J connectivity index is 1.52. The molecule has 0 spiro atoms. The van der Waals surface area contributed by atoms with Gasteiger partial charge in [0, 0.05) is 19.1 Å². The van der Waals surface area contributed by atoms with Crippen molar-refractivity contribution in [2.45, 2.75) is 31.8 Å². The van der Waals surface area contributed by atoms with Crippen LogP contribution in [0.15, 0.2) is 24.3 Å². The number of benzene rings is 1. The van der Waals surface area contributed by atoms with Crippen LogP contribution < -0.4 is 10.1 Å². The summed E-state index contributed by atoms with van der Waals surface area (Å²) < 4.78 is 5.21. The SMILES string of the molecule is COc1ccc(CN(C)CC2NCC3CCCC32)cc1. The van der Waals surface area contributed by atoms with Crippen LogP contribution in [0.25, 0.3) is 0 Å². The van der Waals surface area contributed by atoms with Crippen LogP contribution in [0.4, 0.5) is 0 Å². The highest BCUT2D eigenvalue weighted by atomic mass is 16.5. The first-order valence-corrected chi connectivity index (χ1v) is 7.81. The Bertz CT molecular complexity index is 431. The fourth-order valence-corrected chi connectivity index (χ4v) is 3.95. The molecule has 3 atom stereocenters. The van der Waals surface area contributed by atoms with E-state index in [0.717, 1.165) is 30.7 Å². The molecule has 3 rings (SSSR count). The van der Waals surface area contributed by atoms with Crippen molar-refractivity contribution >= 4 is 0 Å². The van der Waals surface area contributed by atoms with Crippen LogP contribution in [0.3, 0.4) is 0 Å². The van der Waals surface area contributed by atoms with E-state index in [1.165, 1.54) is 31.4 Å². The summed E-state index contributed by atoms with van der Waals surface area (Å²) >= 11 is 0. The maximum atomic E-state index is 5.21. The summed E-state index contributed by atoms with van der Waals surface area (Å²) in [6.45, 7) is 3.42. The lowest BCUT2D eigenvalue weighted by atomic mass is 9.94. The van der Waals surface area contributed by atoms with Crippen molar-refractivity contribution in [1.82, 2.24) is 10.2 Å². The molecule has 1 aliphatic carbocycles. The van der Waals surface area contributed by atoms with E-state index in [1.807, 2.05) is 12.1 Å². The van der Waals surface area contributed by atoms with Gasteiger partial charge >= 0.3 is 0 Å². The molecule has 1 aromatic carbocycles. The molecule has 0 radical (unpaired) electrons. The zero-order valence-corrected chi connectivity index (χ0v) is 12.6. The molecule has 0 bridgehead atoms. The van der Waals surface area contributed by atoms with Crippen molar-refractivity contribution in [2.24, 2.45) is 11.8 Å². The number of nitrogens with one attached hydrogen (secondary N) is 1. The van der Waals surface area contributed by atoms with E-state index in [1.54, 1.807) is 7.11 Å². The van der Waals surface area contributed by atoms with Gasteiger partial charge in [0.2, 0.25) is 0 Å². The van der Waals surface area contributed by atoms with Crippen LogP contribution >= 0.6 is 0 Å². The summed E-state index contributed by atoms with van der Waals surface area (Å²) in [5.41, 5.74) is 1.36. The Kier molecular flexibility index (Phi) is 4.27. The summed E-state index contributed by atoms with van der Waals surface area (Å²) in [5.74, 6) is 2.81. The zero-order valence-electron chi connectivity index (χ0n) is 12.6. The monoisotopic (exact) mass is 274 g/mol. The maximum absolute atomic E-state index is 5.21.